The number of oxime groups is 2. The molecule has 0 aliphatic heterocycles. The maximum Gasteiger partial charge on any atom is 0.337 e. The number of aromatic amines is 2. The Hall–Kier alpha value is -5.06. The number of hydrogen-bond donors (Lipinski definition) is 2. The van der Waals surface area contributed by atoms with E-state index in [1.165, 1.54) is 44.2 Å². The van der Waals surface area contributed by atoms with Crippen LogP contribution in [0.4, 0.5) is 8.78 Å². The van der Waals surface area contributed by atoms with Gasteiger partial charge >= 0.3 is 23.3 Å². The Morgan fingerprint density at radius 2 is 1.32 bits per heavy atom. The van der Waals surface area contributed by atoms with Crippen molar-refractivity contribution in [1.82, 2.24) is 19.9 Å². The third-order valence-electron chi connectivity index (χ3n) is 12.1. The van der Waals surface area contributed by atoms with Crippen molar-refractivity contribution in [1.29, 1.82) is 0 Å². The van der Waals surface area contributed by atoms with Crippen LogP contribution < -0.4 is 32.0 Å². The molecule has 0 atom stereocenters. The zero-order valence-electron chi connectivity index (χ0n) is 33.7. The molecule has 15 nitrogen and oxygen atoms in total. The summed E-state index contributed by atoms with van der Waals surface area (Å²) >= 11 is 0. The smallest absolute Gasteiger partial charge is 0.337 e. The minimum Gasteiger partial charge on any atom is -0.403 e. The lowest BCUT2D eigenvalue weighted by Gasteiger charge is -2.27. The minimum atomic E-state index is -2.70. The molecule has 0 radical (unpaired) electrons. The summed E-state index contributed by atoms with van der Waals surface area (Å²) in [6, 6.07) is 2.44. The molecule has 4 aliphatic rings. The third-order valence-corrected chi connectivity index (χ3v) is 12.1. The monoisotopic (exact) mass is 822 g/mol. The summed E-state index contributed by atoms with van der Waals surface area (Å²) in [6.45, 7) is 4.25. The Labute approximate surface area is 338 Å². The van der Waals surface area contributed by atoms with E-state index < -0.39 is 34.2 Å². The Balaban J connectivity index is 0.000000179. The number of aryl methyl sites for hydroxylation is 2. The molecule has 0 saturated heterocycles. The van der Waals surface area contributed by atoms with Crippen LogP contribution in [-0.4, -0.2) is 50.5 Å². The number of halogens is 2. The number of rotatable bonds is 14. The molecule has 2 N–H and O–H groups in total. The molecule has 0 amide bonds. The number of nitrogens with one attached hydrogen (secondary N) is 2. The van der Waals surface area contributed by atoms with Gasteiger partial charge in [-0.25, -0.2) is 18.4 Å². The number of ether oxygens (including phenoxy) is 1. The molecule has 4 fully saturated rings. The summed E-state index contributed by atoms with van der Waals surface area (Å²) in [4.78, 5) is 73.0. The molecule has 0 unspecified atom stereocenters. The molecule has 17 heteroatoms. The van der Waals surface area contributed by atoms with Gasteiger partial charge in [-0.3, -0.25) is 19.6 Å². The summed E-state index contributed by atoms with van der Waals surface area (Å²) < 4.78 is 42.5. The Bertz CT molecular complexity index is 2400. The number of alkyl halides is 2. The molecule has 1 spiro atoms. The second-order valence-corrected chi connectivity index (χ2v) is 16.6. The van der Waals surface area contributed by atoms with Gasteiger partial charge in [-0.2, -0.15) is 9.97 Å². The predicted octanol–water partition coefficient (Wildman–Crippen LogP) is 7.51. The first kappa shape index (κ1) is 42.1. The topological polar surface area (TPSA) is 204 Å². The maximum atomic E-state index is 13.4. The van der Waals surface area contributed by atoms with Crippen molar-refractivity contribution in [2.45, 2.75) is 135 Å². The van der Waals surface area contributed by atoms with Gasteiger partial charge in [0.1, 0.15) is 10.8 Å². The standard InChI is InChI=1S/C21H25F2N3O4.C21H27N3O5/c1-21(22,23)14-7-9-15(10-8-14)26-30-20-24-18(28)17-13(6-5-12-3-2-4-12)11-16(27)29-19(17)25-20;1-2-11-27-12-3-4-14-13-16(25)28-19-17(14)18(26)22-20(23-19)29-24-15-5-7-21(8-6-15)9-10-21/h11-12,14H,2-10H2,1H3,(H,24,25,28);13H,2-12H2,1H3,(H,22,23,26). The van der Waals surface area contributed by atoms with Crippen molar-refractivity contribution in [2.75, 3.05) is 13.2 Å². The number of hydrogen-bond acceptors (Lipinski definition) is 13. The summed E-state index contributed by atoms with van der Waals surface area (Å²) in [5.74, 6) is -2.73. The predicted molar refractivity (Wildman–Crippen MR) is 216 cm³/mol. The first-order valence-corrected chi connectivity index (χ1v) is 20.9. The summed E-state index contributed by atoms with van der Waals surface area (Å²) in [5, 5.41) is 8.65. The van der Waals surface area contributed by atoms with Gasteiger partial charge in [0.25, 0.3) is 11.1 Å². The molecule has 59 heavy (non-hydrogen) atoms. The van der Waals surface area contributed by atoms with Crippen molar-refractivity contribution >= 4 is 33.6 Å². The van der Waals surface area contributed by atoms with Gasteiger partial charge in [0, 0.05) is 31.3 Å². The lowest BCUT2D eigenvalue weighted by molar-refractivity contribution is -0.0468. The van der Waals surface area contributed by atoms with Crippen molar-refractivity contribution in [3.05, 3.63) is 64.8 Å². The zero-order valence-corrected chi connectivity index (χ0v) is 33.7. The molecular weight excluding hydrogens is 770 g/mol. The van der Waals surface area contributed by atoms with Gasteiger partial charge < -0.3 is 23.2 Å². The van der Waals surface area contributed by atoms with Crippen LogP contribution in [0.25, 0.3) is 22.2 Å². The second kappa shape index (κ2) is 18.5. The quantitative estimate of drug-likeness (QED) is 0.0940. The number of aromatic nitrogens is 4. The van der Waals surface area contributed by atoms with Gasteiger partial charge in [0.05, 0.1) is 11.4 Å². The normalized spacial score (nSPS) is 18.9. The fourth-order valence-electron chi connectivity index (χ4n) is 8.09. The molecule has 8 rings (SSSR count). The van der Waals surface area contributed by atoms with Crippen LogP contribution in [-0.2, 0) is 17.6 Å². The van der Waals surface area contributed by atoms with E-state index in [9.17, 15) is 28.0 Å². The molecular formula is C42H52F2N6O9. The lowest BCUT2D eigenvalue weighted by atomic mass is 9.81. The van der Waals surface area contributed by atoms with Gasteiger partial charge in [-0.15, -0.1) is 0 Å². The fraction of sp³-hybridized carbons (Fsp3) is 0.619. The molecule has 0 bridgehead atoms. The summed E-state index contributed by atoms with van der Waals surface area (Å²) in [7, 11) is 0. The SMILES string of the molecule is CC(F)(F)C1CCC(=NOc2nc3oc(=O)cc(CCC4CCC4)c3c(=O)[nH]2)CC1.CCCOCCCc1cc(=O)oc2nc(ON=C3CCC4(CC3)CC4)[nH]c(=O)c12. The first-order valence-electron chi connectivity index (χ1n) is 20.9. The van der Waals surface area contributed by atoms with Gasteiger partial charge in [0.15, 0.2) is 0 Å². The third kappa shape index (κ3) is 11.0. The van der Waals surface area contributed by atoms with Crippen LogP contribution in [0.15, 0.2) is 50.5 Å². The van der Waals surface area contributed by atoms with Gasteiger partial charge in [0.2, 0.25) is 17.3 Å². The molecule has 4 aromatic rings. The summed E-state index contributed by atoms with van der Waals surface area (Å²) in [5.41, 5.74) is 1.32. The van der Waals surface area contributed by atoms with Crippen molar-refractivity contribution < 1.29 is 32.0 Å². The Kier molecular flexibility index (Phi) is 13.2. The van der Waals surface area contributed by atoms with Gasteiger partial charge in [-0.05, 0) is 126 Å². The van der Waals surface area contributed by atoms with Crippen molar-refractivity contribution in [3.8, 4) is 12.0 Å². The van der Waals surface area contributed by atoms with Gasteiger partial charge in [-0.1, -0.05) is 36.5 Å². The minimum absolute atomic E-state index is 0.0264. The van der Waals surface area contributed by atoms with Crippen LogP contribution in [0.3, 0.4) is 0 Å². The largest absolute Gasteiger partial charge is 0.403 e. The molecule has 4 saturated carbocycles. The second-order valence-electron chi connectivity index (χ2n) is 16.6. The average molecular weight is 823 g/mol. The number of nitrogens with zero attached hydrogens (tertiary/aromatic N) is 4. The van der Waals surface area contributed by atoms with E-state index in [1.54, 1.807) is 0 Å². The van der Waals surface area contributed by atoms with Crippen LogP contribution in [0, 0.1) is 17.3 Å². The molecule has 4 aromatic heterocycles. The van der Waals surface area contributed by atoms with Crippen molar-refractivity contribution in [2.24, 2.45) is 27.6 Å². The van der Waals surface area contributed by atoms with Crippen LogP contribution >= 0.6 is 0 Å². The van der Waals surface area contributed by atoms with E-state index in [0.29, 0.717) is 86.3 Å². The van der Waals surface area contributed by atoms with E-state index in [-0.39, 0.29) is 34.2 Å². The highest BCUT2D eigenvalue weighted by molar-refractivity contribution is 5.85. The molecule has 4 heterocycles. The van der Waals surface area contributed by atoms with Crippen LogP contribution in [0.1, 0.15) is 128 Å². The van der Waals surface area contributed by atoms with Crippen molar-refractivity contribution in [3.63, 3.8) is 0 Å². The van der Waals surface area contributed by atoms with E-state index in [4.69, 9.17) is 23.2 Å². The highest BCUT2D eigenvalue weighted by atomic mass is 19.3. The summed E-state index contributed by atoms with van der Waals surface area (Å²) in [6.07, 6.45) is 15.5. The Morgan fingerprint density at radius 3 is 1.81 bits per heavy atom. The Morgan fingerprint density at radius 1 is 0.780 bits per heavy atom. The van der Waals surface area contributed by atoms with Crippen LogP contribution in [0.5, 0.6) is 12.0 Å². The van der Waals surface area contributed by atoms with E-state index in [1.807, 2.05) is 6.92 Å². The van der Waals surface area contributed by atoms with E-state index in [2.05, 4.69) is 30.2 Å². The molecule has 4 aliphatic carbocycles. The number of fused-ring (bicyclic) bond motifs is 2. The highest BCUT2D eigenvalue weighted by Gasteiger charge is 2.44. The van der Waals surface area contributed by atoms with E-state index >= 15 is 0 Å². The highest BCUT2D eigenvalue weighted by Crippen LogP contribution is 2.55. The van der Waals surface area contributed by atoms with Crippen LogP contribution in [0.2, 0.25) is 0 Å². The van der Waals surface area contributed by atoms with E-state index in [0.717, 1.165) is 51.2 Å². The first-order chi connectivity index (χ1) is 28.4. The zero-order chi connectivity index (χ0) is 41.6. The average Bonchev–Trinajstić information content (AvgIpc) is 3.94. The maximum absolute atomic E-state index is 13.4. The molecule has 0 aromatic carbocycles. The molecule has 318 valence electrons. The fourth-order valence-corrected chi connectivity index (χ4v) is 8.09. The number of H-pyrrole nitrogens is 2. The lowest BCUT2D eigenvalue weighted by Crippen LogP contribution is -2.29.